The van der Waals surface area contributed by atoms with Crippen molar-refractivity contribution in [3.05, 3.63) is 30.1 Å². The zero-order chi connectivity index (χ0) is 11.3. The standard InChI is InChI=1S/C11H13NO3/c1-3-15-11(14)10(8(2)13)9-5-4-6-12-7-9/h4-7,10H,3H2,1-2H3. The number of hydrogen-bond acceptors (Lipinski definition) is 4. The van der Waals surface area contributed by atoms with Gasteiger partial charge in [0.2, 0.25) is 0 Å². The molecule has 0 saturated carbocycles. The Morgan fingerprint density at radius 3 is 2.73 bits per heavy atom. The van der Waals surface area contributed by atoms with Crippen LogP contribution in [0.4, 0.5) is 0 Å². The predicted molar refractivity (Wildman–Crippen MR) is 54.3 cm³/mol. The first-order valence-corrected chi connectivity index (χ1v) is 4.73. The molecular formula is C11H13NO3. The minimum absolute atomic E-state index is 0.235. The molecule has 15 heavy (non-hydrogen) atoms. The van der Waals surface area contributed by atoms with Crippen LogP contribution in [-0.4, -0.2) is 23.3 Å². The van der Waals surface area contributed by atoms with Crippen molar-refractivity contribution in [2.24, 2.45) is 0 Å². The second kappa shape index (κ2) is 5.24. The topological polar surface area (TPSA) is 56.3 Å². The summed E-state index contributed by atoms with van der Waals surface area (Å²) in [6, 6.07) is 3.38. The van der Waals surface area contributed by atoms with Gasteiger partial charge in [0, 0.05) is 12.4 Å². The van der Waals surface area contributed by atoms with Crippen LogP contribution in [0, 0.1) is 0 Å². The Balaban J connectivity index is 2.94. The fourth-order valence-electron chi connectivity index (χ4n) is 1.31. The number of ether oxygens (including phenoxy) is 1. The number of hydrogen-bond donors (Lipinski definition) is 0. The van der Waals surface area contributed by atoms with Crippen molar-refractivity contribution in [2.75, 3.05) is 6.61 Å². The maximum absolute atomic E-state index is 11.5. The maximum Gasteiger partial charge on any atom is 0.321 e. The summed E-state index contributed by atoms with van der Waals surface area (Å²) in [4.78, 5) is 26.7. The predicted octanol–water partition coefficient (Wildman–Crippen LogP) is 1.32. The average Bonchev–Trinajstić information content (AvgIpc) is 2.19. The monoisotopic (exact) mass is 207 g/mol. The second-order valence-corrected chi connectivity index (χ2v) is 3.08. The van der Waals surface area contributed by atoms with E-state index in [0.717, 1.165) is 0 Å². The van der Waals surface area contributed by atoms with Crippen LogP contribution in [-0.2, 0) is 14.3 Å². The number of esters is 1. The third kappa shape index (κ3) is 2.87. The lowest BCUT2D eigenvalue weighted by Gasteiger charge is -2.11. The lowest BCUT2D eigenvalue weighted by molar-refractivity contribution is -0.147. The van der Waals surface area contributed by atoms with Crippen LogP contribution in [0.25, 0.3) is 0 Å². The van der Waals surface area contributed by atoms with E-state index >= 15 is 0 Å². The van der Waals surface area contributed by atoms with Gasteiger partial charge in [-0.1, -0.05) is 6.07 Å². The van der Waals surface area contributed by atoms with Crippen molar-refractivity contribution in [2.45, 2.75) is 19.8 Å². The van der Waals surface area contributed by atoms with Gasteiger partial charge in [-0.15, -0.1) is 0 Å². The molecule has 1 atom stereocenters. The van der Waals surface area contributed by atoms with Crippen LogP contribution in [0.2, 0.25) is 0 Å². The molecular weight excluding hydrogens is 194 g/mol. The van der Waals surface area contributed by atoms with E-state index < -0.39 is 11.9 Å². The van der Waals surface area contributed by atoms with Crippen LogP contribution in [0.1, 0.15) is 25.3 Å². The molecule has 0 amide bonds. The molecule has 0 fully saturated rings. The van der Waals surface area contributed by atoms with Gasteiger partial charge in [0.25, 0.3) is 0 Å². The van der Waals surface area contributed by atoms with Crippen molar-refractivity contribution in [3.8, 4) is 0 Å². The Morgan fingerprint density at radius 2 is 2.27 bits per heavy atom. The fourth-order valence-corrected chi connectivity index (χ4v) is 1.31. The summed E-state index contributed by atoms with van der Waals surface area (Å²) in [6.45, 7) is 3.34. The minimum Gasteiger partial charge on any atom is -0.465 e. The smallest absolute Gasteiger partial charge is 0.321 e. The number of ketones is 1. The summed E-state index contributed by atoms with van der Waals surface area (Å²) < 4.78 is 4.83. The van der Waals surface area contributed by atoms with E-state index in [2.05, 4.69) is 4.98 Å². The number of rotatable bonds is 4. The molecule has 0 aliphatic rings. The molecule has 4 heteroatoms. The van der Waals surface area contributed by atoms with Crippen molar-refractivity contribution < 1.29 is 14.3 Å². The van der Waals surface area contributed by atoms with E-state index in [9.17, 15) is 9.59 Å². The number of nitrogens with zero attached hydrogens (tertiary/aromatic N) is 1. The van der Waals surface area contributed by atoms with Crippen LogP contribution in [0.15, 0.2) is 24.5 Å². The van der Waals surface area contributed by atoms with Crippen LogP contribution >= 0.6 is 0 Å². The number of pyridine rings is 1. The molecule has 1 heterocycles. The summed E-state index contributed by atoms with van der Waals surface area (Å²) in [6.07, 6.45) is 3.09. The van der Waals surface area contributed by atoms with E-state index in [0.29, 0.717) is 5.56 Å². The van der Waals surface area contributed by atoms with E-state index in [1.807, 2.05) is 0 Å². The highest BCUT2D eigenvalue weighted by molar-refractivity contribution is 6.03. The Kier molecular flexibility index (Phi) is 3.97. The maximum atomic E-state index is 11.5. The first-order valence-electron chi connectivity index (χ1n) is 4.73. The molecule has 0 aliphatic carbocycles. The van der Waals surface area contributed by atoms with Crippen LogP contribution in [0.5, 0.6) is 0 Å². The van der Waals surface area contributed by atoms with E-state index in [1.54, 1.807) is 25.3 Å². The number of carbonyl (C=O) groups is 2. The van der Waals surface area contributed by atoms with Gasteiger partial charge >= 0.3 is 5.97 Å². The summed E-state index contributed by atoms with van der Waals surface area (Å²) in [5.74, 6) is -1.60. The van der Waals surface area contributed by atoms with Crippen molar-refractivity contribution in [1.82, 2.24) is 4.98 Å². The van der Waals surface area contributed by atoms with E-state index in [4.69, 9.17) is 4.74 Å². The molecule has 0 aromatic carbocycles. The highest BCUT2D eigenvalue weighted by atomic mass is 16.5. The molecule has 1 unspecified atom stereocenters. The molecule has 4 nitrogen and oxygen atoms in total. The number of carbonyl (C=O) groups excluding carboxylic acids is 2. The quantitative estimate of drug-likeness (QED) is 0.552. The van der Waals surface area contributed by atoms with Gasteiger partial charge in [0.15, 0.2) is 0 Å². The van der Waals surface area contributed by atoms with Crippen LogP contribution < -0.4 is 0 Å². The average molecular weight is 207 g/mol. The van der Waals surface area contributed by atoms with Crippen LogP contribution in [0.3, 0.4) is 0 Å². The van der Waals surface area contributed by atoms with Gasteiger partial charge in [-0.3, -0.25) is 14.6 Å². The molecule has 0 N–H and O–H groups in total. The zero-order valence-electron chi connectivity index (χ0n) is 8.77. The number of Topliss-reactive ketones (excluding diaryl/α,β-unsaturated/α-hetero) is 1. The number of aromatic nitrogens is 1. The van der Waals surface area contributed by atoms with E-state index in [-0.39, 0.29) is 12.4 Å². The normalized spacial score (nSPS) is 11.9. The third-order valence-corrected chi connectivity index (χ3v) is 1.95. The first kappa shape index (κ1) is 11.4. The van der Waals surface area contributed by atoms with Gasteiger partial charge in [-0.2, -0.15) is 0 Å². The van der Waals surface area contributed by atoms with Gasteiger partial charge < -0.3 is 4.74 Å². The Hall–Kier alpha value is -1.71. The van der Waals surface area contributed by atoms with Crippen molar-refractivity contribution in [1.29, 1.82) is 0 Å². The lowest BCUT2D eigenvalue weighted by atomic mass is 9.97. The third-order valence-electron chi connectivity index (χ3n) is 1.95. The molecule has 1 aromatic rings. The summed E-state index contributed by atoms with van der Waals surface area (Å²) >= 11 is 0. The van der Waals surface area contributed by atoms with Gasteiger partial charge in [0.1, 0.15) is 11.7 Å². The lowest BCUT2D eigenvalue weighted by Crippen LogP contribution is -2.22. The fraction of sp³-hybridized carbons (Fsp3) is 0.364. The highest BCUT2D eigenvalue weighted by Gasteiger charge is 2.26. The van der Waals surface area contributed by atoms with E-state index in [1.165, 1.54) is 13.1 Å². The molecule has 0 radical (unpaired) electrons. The van der Waals surface area contributed by atoms with Gasteiger partial charge in [-0.25, -0.2) is 0 Å². The van der Waals surface area contributed by atoms with Crippen molar-refractivity contribution >= 4 is 11.8 Å². The molecule has 1 rings (SSSR count). The molecule has 0 spiro atoms. The molecule has 0 saturated heterocycles. The molecule has 1 aromatic heterocycles. The SMILES string of the molecule is CCOC(=O)C(C(C)=O)c1cccnc1. The first-order chi connectivity index (χ1) is 7.16. The van der Waals surface area contributed by atoms with Crippen molar-refractivity contribution in [3.63, 3.8) is 0 Å². The molecule has 0 bridgehead atoms. The highest BCUT2D eigenvalue weighted by Crippen LogP contribution is 2.17. The molecule has 80 valence electrons. The Labute approximate surface area is 88.3 Å². The zero-order valence-corrected chi connectivity index (χ0v) is 8.77. The Morgan fingerprint density at radius 1 is 1.53 bits per heavy atom. The summed E-state index contributed by atoms with van der Waals surface area (Å²) in [7, 11) is 0. The largest absolute Gasteiger partial charge is 0.465 e. The molecule has 0 aliphatic heterocycles. The summed E-state index contributed by atoms with van der Waals surface area (Å²) in [5.41, 5.74) is 0.573. The Bertz CT molecular complexity index is 348. The van der Waals surface area contributed by atoms with Gasteiger partial charge in [0.05, 0.1) is 6.61 Å². The minimum atomic E-state index is -0.848. The van der Waals surface area contributed by atoms with Gasteiger partial charge in [-0.05, 0) is 25.5 Å². The summed E-state index contributed by atoms with van der Waals surface area (Å²) in [5, 5.41) is 0. The second-order valence-electron chi connectivity index (χ2n) is 3.08.